The highest BCUT2D eigenvalue weighted by Gasteiger charge is 2.42. The van der Waals surface area contributed by atoms with Gasteiger partial charge in [0.15, 0.2) is 0 Å². The summed E-state index contributed by atoms with van der Waals surface area (Å²) in [6, 6.07) is 7.62. The number of H-pyrrole nitrogens is 1. The molecule has 0 aliphatic heterocycles. The smallest absolute Gasteiger partial charge is 0.309 e. The first-order chi connectivity index (χ1) is 21.2. The van der Waals surface area contributed by atoms with E-state index in [1.54, 1.807) is 6.07 Å². The predicted octanol–water partition coefficient (Wildman–Crippen LogP) is 6.83. The number of carboxylic acids is 1. The van der Waals surface area contributed by atoms with Crippen molar-refractivity contribution >= 4 is 5.97 Å². The van der Waals surface area contributed by atoms with Gasteiger partial charge >= 0.3 is 5.97 Å². The first-order valence-corrected chi connectivity index (χ1v) is 17.5. The van der Waals surface area contributed by atoms with Gasteiger partial charge in [0.2, 0.25) is 0 Å². The number of aliphatic hydroxyl groups excluding tert-OH is 2. The lowest BCUT2D eigenvalue weighted by atomic mass is 9.81. The van der Waals surface area contributed by atoms with Crippen LogP contribution >= 0.6 is 0 Å². The molecule has 1 aromatic heterocycles. The second kappa shape index (κ2) is 16.8. The largest absolute Gasteiger partial charge is 0.872 e. The van der Waals surface area contributed by atoms with Gasteiger partial charge in [-0.1, -0.05) is 89.3 Å². The molecule has 4 rings (SSSR count). The van der Waals surface area contributed by atoms with Crippen molar-refractivity contribution in [3.05, 3.63) is 41.1 Å². The minimum atomic E-state index is -0.983. The van der Waals surface area contributed by atoms with E-state index in [1.165, 1.54) is 31.2 Å². The standard InChI is InChI=1S/C37H57NO6/c1-2-3-4-5-8-14-29(39)15-9-6-7-10-16-32(36(42)43)34(41)21-23-37(44)22-12-13-27(37)25-28-24-26-19-20-30-31(35(26)38-28)17-11-18-33(30)40/h11,17-18,24,27,29,32,34,38-41,44H,2-10,12-16,19-23,25H2,1H3,(H,42,43)/p-1/t27-,29-,32-,34+,37-/m0/s1. The molecule has 246 valence electrons. The first-order valence-electron chi connectivity index (χ1n) is 17.5. The van der Waals surface area contributed by atoms with E-state index in [9.17, 15) is 30.3 Å². The number of hydrogen-bond donors (Lipinski definition) is 5. The third kappa shape index (κ3) is 9.34. The van der Waals surface area contributed by atoms with Crippen LogP contribution in [0.15, 0.2) is 24.3 Å². The van der Waals surface area contributed by atoms with Crippen LogP contribution in [-0.4, -0.2) is 49.2 Å². The number of aliphatic carboxylic acids is 1. The number of rotatable bonds is 20. The Labute approximate surface area is 264 Å². The summed E-state index contributed by atoms with van der Waals surface area (Å²) in [4.78, 5) is 15.6. The summed E-state index contributed by atoms with van der Waals surface area (Å²) in [7, 11) is 0. The number of benzene rings is 1. The molecule has 1 saturated carbocycles. The Balaban J connectivity index is 1.20. The molecule has 44 heavy (non-hydrogen) atoms. The van der Waals surface area contributed by atoms with Crippen molar-refractivity contribution in [2.24, 2.45) is 11.8 Å². The Kier molecular flexibility index (Phi) is 13.2. The number of aromatic nitrogens is 1. The number of carboxylic acid groups (broad SMARTS) is 1. The highest BCUT2D eigenvalue weighted by Crippen LogP contribution is 2.43. The molecule has 0 amide bonds. The Morgan fingerprint density at radius 3 is 2.41 bits per heavy atom. The summed E-state index contributed by atoms with van der Waals surface area (Å²) in [5, 5.41) is 54.9. The van der Waals surface area contributed by atoms with E-state index in [1.807, 2.05) is 12.1 Å². The van der Waals surface area contributed by atoms with E-state index in [0.29, 0.717) is 25.7 Å². The summed E-state index contributed by atoms with van der Waals surface area (Å²) in [5.74, 6) is -1.67. The van der Waals surface area contributed by atoms with Gasteiger partial charge in [0, 0.05) is 17.0 Å². The molecule has 0 spiro atoms. The Morgan fingerprint density at radius 2 is 1.70 bits per heavy atom. The molecule has 2 aromatic rings. The second-order valence-electron chi connectivity index (χ2n) is 13.8. The molecule has 7 nitrogen and oxygen atoms in total. The number of hydrogen-bond acceptors (Lipinski definition) is 5. The van der Waals surface area contributed by atoms with Crippen LogP contribution in [0.25, 0.3) is 11.3 Å². The minimum Gasteiger partial charge on any atom is -0.872 e. The lowest BCUT2D eigenvalue weighted by Crippen LogP contribution is -2.37. The number of aryl methyl sites for hydroxylation is 1. The van der Waals surface area contributed by atoms with E-state index in [0.717, 1.165) is 93.1 Å². The zero-order chi connectivity index (χ0) is 31.5. The van der Waals surface area contributed by atoms with Gasteiger partial charge in [-0.25, -0.2) is 0 Å². The quantitative estimate of drug-likeness (QED) is 0.104. The van der Waals surface area contributed by atoms with Gasteiger partial charge in [0.05, 0.1) is 23.7 Å². The molecule has 1 heterocycles. The van der Waals surface area contributed by atoms with Crippen molar-refractivity contribution in [3.63, 3.8) is 0 Å². The van der Waals surface area contributed by atoms with Gasteiger partial charge in [0.25, 0.3) is 0 Å². The fraction of sp³-hybridized carbons (Fsp3) is 0.703. The van der Waals surface area contributed by atoms with Crippen LogP contribution in [0, 0.1) is 11.8 Å². The summed E-state index contributed by atoms with van der Waals surface area (Å²) in [6.07, 6.45) is 15.8. The SMILES string of the molecule is CCCCCCC[C@H](O)CCCCCC[C@H](C(=O)O)[C@H](O)CC[C@@]1(O)CCC[C@H]1Cc1cc2c([nH]1)-c1cccc([O-])c1CC2. The third-order valence-electron chi connectivity index (χ3n) is 10.5. The van der Waals surface area contributed by atoms with E-state index in [4.69, 9.17) is 0 Å². The van der Waals surface area contributed by atoms with Gasteiger partial charge in [-0.2, -0.15) is 0 Å². The lowest BCUT2D eigenvalue weighted by Gasteiger charge is -2.32. The van der Waals surface area contributed by atoms with Crippen molar-refractivity contribution in [2.45, 2.75) is 153 Å². The molecule has 7 heteroatoms. The number of fused-ring (bicyclic) bond motifs is 3. The molecule has 0 saturated heterocycles. The average molecular weight is 611 g/mol. The van der Waals surface area contributed by atoms with Gasteiger partial charge in [-0.3, -0.25) is 4.79 Å². The molecule has 1 fully saturated rings. The molecular formula is C37H56NO6-. The molecule has 0 bridgehead atoms. The van der Waals surface area contributed by atoms with Crippen LogP contribution in [0.1, 0.15) is 133 Å². The maximum absolute atomic E-state index is 12.3. The Morgan fingerprint density at radius 1 is 1.00 bits per heavy atom. The molecule has 2 aliphatic carbocycles. The summed E-state index contributed by atoms with van der Waals surface area (Å²) < 4.78 is 0. The lowest BCUT2D eigenvalue weighted by molar-refractivity contribution is -0.269. The molecule has 5 atom stereocenters. The van der Waals surface area contributed by atoms with Crippen LogP contribution in [0.5, 0.6) is 5.75 Å². The topological polar surface area (TPSA) is 137 Å². The van der Waals surface area contributed by atoms with Gasteiger partial charge in [-0.05, 0) is 87.3 Å². The van der Waals surface area contributed by atoms with Crippen molar-refractivity contribution in [1.29, 1.82) is 0 Å². The second-order valence-corrected chi connectivity index (χ2v) is 13.8. The molecule has 1 aromatic carbocycles. The molecule has 0 radical (unpaired) electrons. The monoisotopic (exact) mass is 610 g/mol. The zero-order valence-corrected chi connectivity index (χ0v) is 26.9. The van der Waals surface area contributed by atoms with Gasteiger partial charge in [0.1, 0.15) is 0 Å². The maximum Gasteiger partial charge on any atom is 0.309 e. The summed E-state index contributed by atoms with van der Waals surface area (Å²) >= 11 is 0. The van der Waals surface area contributed by atoms with Crippen LogP contribution in [-0.2, 0) is 24.1 Å². The fourth-order valence-corrected chi connectivity index (χ4v) is 7.74. The Hall–Kier alpha value is -2.35. The van der Waals surface area contributed by atoms with Crippen LogP contribution in [0.4, 0.5) is 0 Å². The highest BCUT2D eigenvalue weighted by atomic mass is 16.4. The van der Waals surface area contributed by atoms with E-state index in [-0.39, 0.29) is 24.2 Å². The van der Waals surface area contributed by atoms with E-state index >= 15 is 0 Å². The number of unbranched alkanes of at least 4 members (excludes halogenated alkanes) is 7. The molecule has 0 unspecified atom stereocenters. The predicted molar refractivity (Wildman–Crippen MR) is 173 cm³/mol. The van der Waals surface area contributed by atoms with E-state index < -0.39 is 23.6 Å². The average Bonchev–Trinajstić information content (AvgIpc) is 3.58. The van der Waals surface area contributed by atoms with Crippen molar-refractivity contribution in [2.75, 3.05) is 0 Å². The Bertz CT molecular complexity index is 1180. The van der Waals surface area contributed by atoms with E-state index in [2.05, 4.69) is 18.0 Å². The zero-order valence-electron chi connectivity index (χ0n) is 26.9. The summed E-state index contributed by atoms with van der Waals surface area (Å²) in [6.45, 7) is 2.20. The molecule has 2 aliphatic rings. The van der Waals surface area contributed by atoms with Crippen LogP contribution < -0.4 is 5.11 Å². The number of nitrogens with one attached hydrogen (secondary N) is 1. The maximum atomic E-state index is 12.3. The normalized spacial score (nSPS) is 21.5. The number of aromatic amines is 1. The third-order valence-corrected chi connectivity index (χ3v) is 10.5. The van der Waals surface area contributed by atoms with Gasteiger partial charge in [-0.15, -0.1) is 5.75 Å². The highest BCUT2D eigenvalue weighted by molar-refractivity contribution is 5.73. The van der Waals surface area contributed by atoms with Gasteiger partial charge < -0.3 is 30.5 Å². The summed E-state index contributed by atoms with van der Waals surface area (Å²) in [5.41, 5.74) is 4.23. The fourth-order valence-electron chi connectivity index (χ4n) is 7.74. The number of aliphatic hydroxyl groups is 3. The van der Waals surface area contributed by atoms with Crippen molar-refractivity contribution in [3.8, 4) is 17.0 Å². The van der Waals surface area contributed by atoms with Crippen molar-refractivity contribution < 1.29 is 30.3 Å². The molecular weight excluding hydrogens is 554 g/mol. The van der Waals surface area contributed by atoms with Crippen molar-refractivity contribution in [1.82, 2.24) is 4.98 Å². The molecule has 5 N–H and O–H groups in total. The number of carbonyl (C=O) groups is 1. The first kappa shape index (κ1) is 34.5. The minimum absolute atomic E-state index is 0.0371. The van der Waals surface area contributed by atoms with Crippen LogP contribution in [0.3, 0.4) is 0 Å². The van der Waals surface area contributed by atoms with Crippen LogP contribution in [0.2, 0.25) is 0 Å².